The number of carbonyl (C=O) groups excluding carboxylic acids is 18. The number of hydrogen-bond acceptors (Lipinski definition) is 23. The highest BCUT2D eigenvalue weighted by atomic mass is 16.4. The third-order valence-electron chi connectivity index (χ3n) is 13.8. The maximum Gasteiger partial charge on any atom is 0.323 e. The van der Waals surface area contributed by atoms with Crippen LogP contribution in [-0.4, -0.2) is 274 Å². The van der Waals surface area contributed by atoms with Gasteiger partial charge in [-0.1, -0.05) is 20.8 Å². The van der Waals surface area contributed by atoms with Crippen molar-refractivity contribution in [3.05, 3.63) is 0 Å². The molecule has 38 heteroatoms. The minimum atomic E-state index is -1.60. The van der Waals surface area contributed by atoms with Gasteiger partial charge in [-0.2, -0.15) is 0 Å². The molecule has 0 saturated carbocycles. The number of carbonyl (C=O) groups is 22. The van der Waals surface area contributed by atoms with Gasteiger partial charge in [0, 0.05) is 83.5 Å². The van der Waals surface area contributed by atoms with Crippen LogP contribution in [0.1, 0.15) is 124 Å². The van der Waals surface area contributed by atoms with Crippen LogP contribution in [0.25, 0.3) is 0 Å². The first kappa shape index (κ1) is 85.7. The highest BCUT2D eigenvalue weighted by molar-refractivity contribution is 5.97. The molecule has 11 amide bonds. The Morgan fingerprint density at radius 3 is 0.698 bits per heavy atom. The van der Waals surface area contributed by atoms with E-state index >= 15 is 0 Å². The van der Waals surface area contributed by atoms with Gasteiger partial charge < -0.3 is 83.0 Å². The fraction of sp³-hybridized carbons (Fsp3) is 0.621. The number of aliphatic carboxylic acids is 4. The molecule has 0 spiro atoms. The number of nitrogens with one attached hydrogen (secondary N) is 7. The van der Waals surface area contributed by atoms with Gasteiger partial charge in [0.05, 0.1) is 78.5 Å². The van der Waals surface area contributed by atoms with Crippen molar-refractivity contribution >= 4 is 129 Å². The molecule has 0 rings (SSSR count). The lowest BCUT2D eigenvalue weighted by Gasteiger charge is -2.29. The van der Waals surface area contributed by atoms with Gasteiger partial charge in [-0.25, -0.2) is 0 Å². The summed E-state index contributed by atoms with van der Waals surface area (Å²) in [4.78, 5) is 273. The van der Waals surface area contributed by atoms with Crippen LogP contribution in [-0.2, 0) is 105 Å². The predicted octanol–water partition coefficient (Wildman–Crippen LogP) is -6.32. The van der Waals surface area contributed by atoms with Crippen LogP contribution in [0.3, 0.4) is 0 Å². The molecule has 0 saturated heterocycles. The summed E-state index contributed by atoms with van der Waals surface area (Å²) in [6.07, 6.45) is -3.72. The van der Waals surface area contributed by atoms with E-state index in [1.165, 1.54) is 0 Å². The molecule has 0 unspecified atom stereocenters. The van der Waals surface area contributed by atoms with Crippen LogP contribution in [0.4, 0.5) is 0 Å². The highest BCUT2D eigenvalue weighted by Crippen LogP contribution is 2.35. The SMILES string of the molecule is CCC(=O)NCC(=O)CCC(C)(CCC(=O)CNC(=O)CC)CCC(=O)CNC(=O)CCC(=O)CN(CC(=O)O)C(=O)CNC(=O)CCC(=O)CN(CC(=O)O)C(=O)CNC(=O)CCC(=O)CN(CC(=O)O)C(=O)CNC(=O)CCC(=O)CN(CC(=O)O)C(=O)CNC(=O)CN. The number of nitrogens with zero attached hydrogens (tertiary/aromatic N) is 4. The maximum atomic E-state index is 13.0. The monoisotopic (exact) mass is 1370 g/mol. The average Bonchev–Trinajstić information content (AvgIpc) is 1.08. The Balaban J connectivity index is 5.21. The Morgan fingerprint density at radius 1 is 0.281 bits per heavy atom. The standard InChI is InChI=1S/C58H86N12O26/c1-4-43(78)60-21-36(71)14-17-58(3,18-15-37(72)22-61-44(79)5-2)19-16-38(73)23-62-45(80)10-6-39(74)28-67(32-54(89)90)50(85)24-63-46(81)11-7-40(75)29-68(33-55(91)92)51(86)25-64-47(82)12-8-41(76)30-69(34-56(93)94)52(87)26-65-48(83)13-9-42(77)31-70(35-57(95)96)53(88)27-66-49(84)20-59/h4-35,59H2,1-3H3,(H,60,78)(H,61,79)(H,62,80)(H,63,81)(H,64,82)(H,65,83)(H,66,84)(H,89,90)(H,91,92)(H,93,94)(H,95,96). The fourth-order valence-electron chi connectivity index (χ4n) is 8.14. The predicted molar refractivity (Wildman–Crippen MR) is 325 cm³/mol. The van der Waals surface area contributed by atoms with Crippen molar-refractivity contribution in [3.63, 3.8) is 0 Å². The number of nitrogens with two attached hydrogens (primary N) is 1. The first-order valence-electron chi connectivity index (χ1n) is 30.2. The molecule has 13 N–H and O–H groups in total. The van der Waals surface area contributed by atoms with E-state index in [4.69, 9.17) is 10.8 Å². The molecule has 0 aromatic heterocycles. The highest BCUT2D eigenvalue weighted by Gasteiger charge is 2.29. The van der Waals surface area contributed by atoms with E-state index in [0.29, 0.717) is 19.6 Å². The van der Waals surface area contributed by atoms with Crippen molar-refractivity contribution in [2.45, 2.75) is 124 Å². The molecular formula is C58H86N12O26. The van der Waals surface area contributed by atoms with Gasteiger partial charge in [0.15, 0.2) is 40.5 Å². The molecule has 0 bridgehead atoms. The van der Waals surface area contributed by atoms with E-state index in [1.807, 2.05) is 0 Å². The Morgan fingerprint density at radius 2 is 0.490 bits per heavy atom. The molecule has 0 aliphatic rings. The third kappa shape index (κ3) is 42.0. The molecule has 0 fully saturated rings. The van der Waals surface area contributed by atoms with E-state index in [2.05, 4.69) is 37.2 Å². The number of ketones is 7. The molecule has 0 aromatic rings. The van der Waals surface area contributed by atoms with Crippen LogP contribution in [0.15, 0.2) is 0 Å². The number of hydrogen-bond donors (Lipinski definition) is 12. The average molecular weight is 1370 g/mol. The zero-order chi connectivity index (χ0) is 73.1. The lowest BCUT2D eigenvalue weighted by molar-refractivity contribution is -0.146. The van der Waals surface area contributed by atoms with Crippen molar-refractivity contribution < 1.29 is 126 Å². The van der Waals surface area contributed by atoms with Gasteiger partial charge in [-0.15, -0.1) is 0 Å². The number of amides is 11. The molecule has 0 aromatic carbocycles. The second-order valence-electron chi connectivity index (χ2n) is 22.0. The molecular weight excluding hydrogens is 1280 g/mol. The lowest BCUT2D eigenvalue weighted by Crippen LogP contribution is -2.46. The normalized spacial score (nSPS) is 10.6. The van der Waals surface area contributed by atoms with E-state index in [9.17, 15) is 121 Å². The summed E-state index contributed by atoms with van der Waals surface area (Å²) in [6, 6.07) is 0. The molecule has 0 aliphatic heterocycles. The number of carboxylic acid groups (broad SMARTS) is 4. The molecule has 534 valence electrons. The zero-order valence-corrected chi connectivity index (χ0v) is 53.8. The van der Waals surface area contributed by atoms with Crippen LogP contribution < -0.4 is 43.0 Å². The summed E-state index contributed by atoms with van der Waals surface area (Å²) in [6.45, 7) is -7.13. The minimum absolute atomic E-state index is 0.0288. The second kappa shape index (κ2) is 46.7. The Kier molecular flexibility index (Phi) is 41.7. The van der Waals surface area contributed by atoms with Crippen molar-refractivity contribution in [3.8, 4) is 0 Å². The third-order valence-corrected chi connectivity index (χ3v) is 13.8. The fourth-order valence-corrected chi connectivity index (χ4v) is 8.14. The molecule has 96 heavy (non-hydrogen) atoms. The van der Waals surface area contributed by atoms with Gasteiger partial charge in [0.25, 0.3) is 0 Å². The van der Waals surface area contributed by atoms with E-state index in [1.54, 1.807) is 20.8 Å². The first-order valence-corrected chi connectivity index (χ1v) is 30.2. The van der Waals surface area contributed by atoms with Crippen molar-refractivity contribution in [2.24, 2.45) is 11.1 Å². The van der Waals surface area contributed by atoms with Gasteiger partial charge in [-0.3, -0.25) is 105 Å². The van der Waals surface area contributed by atoms with Gasteiger partial charge in [-0.05, 0) is 24.7 Å². The number of Topliss-reactive ketones (excluding diaryl/α,β-unsaturated/α-hetero) is 7. The Hall–Kier alpha value is -10.3. The zero-order valence-electron chi connectivity index (χ0n) is 53.8. The van der Waals surface area contributed by atoms with Crippen LogP contribution in [0.5, 0.6) is 0 Å². The van der Waals surface area contributed by atoms with Gasteiger partial charge in [0.2, 0.25) is 65.0 Å². The molecule has 38 nitrogen and oxygen atoms in total. The maximum absolute atomic E-state index is 13.0. The van der Waals surface area contributed by atoms with Crippen LogP contribution >= 0.6 is 0 Å². The van der Waals surface area contributed by atoms with Crippen LogP contribution in [0.2, 0.25) is 0 Å². The Labute approximate surface area is 549 Å². The van der Waals surface area contributed by atoms with E-state index < -0.39 is 254 Å². The first-order chi connectivity index (χ1) is 45.0. The number of rotatable bonds is 54. The lowest BCUT2D eigenvalue weighted by atomic mass is 9.76. The summed E-state index contributed by atoms with van der Waals surface area (Å²) < 4.78 is 0. The molecule has 0 heterocycles. The molecule has 0 atom stereocenters. The summed E-state index contributed by atoms with van der Waals surface area (Å²) in [7, 11) is 0. The summed E-state index contributed by atoms with van der Waals surface area (Å²) in [5.74, 6) is -19.8. The smallest absolute Gasteiger partial charge is 0.323 e. The van der Waals surface area contributed by atoms with Gasteiger partial charge in [0.1, 0.15) is 26.2 Å². The van der Waals surface area contributed by atoms with Crippen LogP contribution in [0, 0.1) is 5.41 Å². The van der Waals surface area contributed by atoms with E-state index in [0.717, 1.165) is 0 Å². The molecule has 0 aliphatic carbocycles. The van der Waals surface area contributed by atoms with Crippen molar-refractivity contribution in [1.82, 2.24) is 56.8 Å². The second-order valence-corrected chi connectivity index (χ2v) is 22.0. The summed E-state index contributed by atoms with van der Waals surface area (Å²) in [5, 5.41) is 53.0. The Bertz CT molecular complexity index is 2860. The van der Waals surface area contributed by atoms with Crippen molar-refractivity contribution in [1.29, 1.82) is 0 Å². The summed E-state index contributed by atoms with van der Waals surface area (Å²) in [5.41, 5.74) is 4.41. The topological polar surface area (TPSA) is 580 Å². The van der Waals surface area contributed by atoms with Crippen molar-refractivity contribution in [2.75, 3.05) is 105 Å². The minimum Gasteiger partial charge on any atom is -0.480 e. The quantitative estimate of drug-likeness (QED) is 0.0269. The van der Waals surface area contributed by atoms with E-state index in [-0.39, 0.29) is 87.8 Å². The summed E-state index contributed by atoms with van der Waals surface area (Å²) >= 11 is 0. The largest absolute Gasteiger partial charge is 0.480 e. The molecule has 0 radical (unpaired) electrons. The number of carboxylic acids is 4. The van der Waals surface area contributed by atoms with Gasteiger partial charge >= 0.3 is 23.9 Å².